The number of pyridine rings is 2. The molecule has 36 heavy (non-hydrogen) atoms. The van der Waals surface area contributed by atoms with Gasteiger partial charge in [0.15, 0.2) is 0 Å². The lowest BCUT2D eigenvalue weighted by atomic mass is 10.0. The summed E-state index contributed by atoms with van der Waals surface area (Å²) in [4.78, 5) is 21.5. The summed E-state index contributed by atoms with van der Waals surface area (Å²) >= 11 is 0. The third-order valence-corrected chi connectivity index (χ3v) is 7.93. The lowest BCUT2D eigenvalue weighted by Crippen LogP contribution is -2.15. The van der Waals surface area contributed by atoms with Crippen molar-refractivity contribution >= 4 is 38.2 Å². The van der Waals surface area contributed by atoms with Crippen LogP contribution in [-0.2, 0) is 21.2 Å². The zero-order valence-corrected chi connectivity index (χ0v) is 20.8. The summed E-state index contributed by atoms with van der Waals surface area (Å²) in [5.41, 5.74) is 2.94. The molecule has 8 heteroatoms. The number of aromatic nitrogens is 2. The highest BCUT2D eigenvalue weighted by molar-refractivity contribution is 7.92. The highest BCUT2D eigenvalue weighted by atomic mass is 32.2. The normalized spacial score (nSPS) is 17.0. The van der Waals surface area contributed by atoms with Crippen LogP contribution in [0, 0.1) is 5.92 Å². The molecule has 2 aromatic carbocycles. The Bertz CT molecular complexity index is 1490. The van der Waals surface area contributed by atoms with Crippen molar-refractivity contribution in [1.82, 2.24) is 9.97 Å². The maximum absolute atomic E-state index is 12.9. The number of carbonyl (C=O) groups is 1. The average Bonchev–Trinajstić information content (AvgIpc) is 3.69. The summed E-state index contributed by atoms with van der Waals surface area (Å²) < 4.78 is 27.7. The van der Waals surface area contributed by atoms with Gasteiger partial charge in [0, 0.05) is 35.6 Å². The van der Waals surface area contributed by atoms with E-state index in [1.807, 2.05) is 30.6 Å². The Labute approximate surface area is 211 Å². The first-order valence-electron chi connectivity index (χ1n) is 12.2. The molecule has 0 radical (unpaired) electrons. The summed E-state index contributed by atoms with van der Waals surface area (Å²) in [5.74, 6) is 0.196. The molecule has 1 amide bonds. The van der Waals surface area contributed by atoms with Crippen LogP contribution in [-0.4, -0.2) is 24.3 Å². The molecule has 1 aliphatic rings. The van der Waals surface area contributed by atoms with Crippen LogP contribution in [0.3, 0.4) is 0 Å². The Balaban J connectivity index is 1.24. The van der Waals surface area contributed by atoms with Gasteiger partial charge in [-0.05, 0) is 78.1 Å². The number of nitrogens with one attached hydrogen (secondary N) is 2. The van der Waals surface area contributed by atoms with Gasteiger partial charge >= 0.3 is 0 Å². The second kappa shape index (κ2) is 10.1. The number of anilines is 2. The Morgan fingerprint density at radius 3 is 2.64 bits per heavy atom. The second-order valence-electron chi connectivity index (χ2n) is 9.17. The van der Waals surface area contributed by atoms with E-state index in [4.69, 9.17) is 0 Å². The molecule has 184 valence electrons. The van der Waals surface area contributed by atoms with Gasteiger partial charge in [0.05, 0.1) is 4.90 Å². The molecular formula is C28H28N4O3S. The van der Waals surface area contributed by atoms with Crippen molar-refractivity contribution in [1.29, 1.82) is 0 Å². The van der Waals surface area contributed by atoms with Crippen LogP contribution in [0.4, 0.5) is 11.5 Å². The maximum Gasteiger partial charge on any atom is 0.263 e. The molecule has 0 saturated heterocycles. The van der Waals surface area contributed by atoms with Crippen molar-refractivity contribution in [3.8, 4) is 0 Å². The Morgan fingerprint density at radius 2 is 1.89 bits per heavy atom. The molecule has 1 unspecified atom stereocenters. The minimum atomic E-state index is -3.73. The highest BCUT2D eigenvalue weighted by Gasteiger charge is 2.44. The number of nitrogens with zero attached hydrogens (tertiary/aromatic N) is 2. The van der Waals surface area contributed by atoms with E-state index in [-0.39, 0.29) is 28.5 Å². The fourth-order valence-corrected chi connectivity index (χ4v) is 5.48. The van der Waals surface area contributed by atoms with Crippen molar-refractivity contribution in [3.05, 3.63) is 90.4 Å². The van der Waals surface area contributed by atoms with Crippen molar-refractivity contribution in [2.45, 2.75) is 43.4 Å². The number of benzene rings is 2. The van der Waals surface area contributed by atoms with E-state index in [9.17, 15) is 13.2 Å². The standard InChI is InChI=1S/C28H28N4O3S/c1-2-3-6-20-17-29-18-21-8-11-22(15-24(20)21)31-28(33)26-16-25(26)19-9-12-23(13-10-19)36(34,35)32-27-7-4-5-14-30-27/h4-5,7-15,17-18,25-26H,2-3,6,16H2,1H3,(H,30,32)(H,31,33)/t25?,26-/m1/s1. The first kappa shape index (κ1) is 23.9. The number of fused-ring (bicyclic) bond motifs is 1. The van der Waals surface area contributed by atoms with Crippen LogP contribution < -0.4 is 10.0 Å². The Hall–Kier alpha value is -3.78. The van der Waals surface area contributed by atoms with Gasteiger partial charge in [0.2, 0.25) is 5.91 Å². The topological polar surface area (TPSA) is 101 Å². The summed E-state index contributed by atoms with van der Waals surface area (Å²) in [5, 5.41) is 5.26. The largest absolute Gasteiger partial charge is 0.326 e. The number of carbonyl (C=O) groups excluding carboxylic acids is 1. The van der Waals surface area contributed by atoms with Crippen molar-refractivity contribution in [2.75, 3.05) is 10.0 Å². The predicted molar refractivity (Wildman–Crippen MR) is 141 cm³/mol. The third-order valence-electron chi connectivity index (χ3n) is 6.56. The van der Waals surface area contributed by atoms with Gasteiger partial charge in [-0.2, -0.15) is 0 Å². The van der Waals surface area contributed by atoms with E-state index in [0.29, 0.717) is 0 Å². The lowest BCUT2D eigenvalue weighted by molar-refractivity contribution is -0.117. The molecule has 5 rings (SSSR count). The molecule has 0 aliphatic heterocycles. The SMILES string of the molecule is CCCCc1cncc2ccc(NC(=O)[C@@H]3CC3c3ccc(S(=O)(=O)Nc4ccccn4)cc3)cc12. The first-order valence-corrected chi connectivity index (χ1v) is 13.6. The summed E-state index contributed by atoms with van der Waals surface area (Å²) in [6.07, 6.45) is 9.21. The number of amides is 1. The molecule has 2 atom stereocenters. The molecule has 7 nitrogen and oxygen atoms in total. The van der Waals surface area contributed by atoms with Crippen molar-refractivity contribution < 1.29 is 13.2 Å². The molecule has 2 N–H and O–H groups in total. The first-order chi connectivity index (χ1) is 17.4. The number of hydrogen-bond acceptors (Lipinski definition) is 5. The van der Waals surface area contributed by atoms with E-state index in [0.717, 1.165) is 47.7 Å². The Kier molecular flexibility index (Phi) is 6.69. The van der Waals surface area contributed by atoms with Crippen LogP contribution in [0.5, 0.6) is 0 Å². The monoisotopic (exact) mass is 500 g/mol. The van der Waals surface area contributed by atoms with Gasteiger partial charge in [0.1, 0.15) is 5.82 Å². The van der Waals surface area contributed by atoms with E-state index in [1.54, 1.807) is 42.5 Å². The third kappa shape index (κ3) is 5.23. The zero-order chi connectivity index (χ0) is 25.1. The molecule has 4 aromatic rings. The second-order valence-corrected chi connectivity index (χ2v) is 10.8. The quantitative estimate of drug-likeness (QED) is 0.315. The summed E-state index contributed by atoms with van der Waals surface area (Å²) in [6.45, 7) is 2.17. The van der Waals surface area contributed by atoms with Gasteiger partial charge in [-0.25, -0.2) is 13.4 Å². The minimum absolute atomic E-state index is 0.0166. The van der Waals surface area contributed by atoms with Crippen LogP contribution in [0.1, 0.15) is 43.2 Å². The summed E-state index contributed by atoms with van der Waals surface area (Å²) in [6, 6.07) is 17.7. The molecule has 0 spiro atoms. The number of unbranched alkanes of at least 4 members (excludes halogenated alkanes) is 1. The van der Waals surface area contributed by atoms with Gasteiger partial charge in [-0.1, -0.05) is 37.6 Å². The molecule has 0 bridgehead atoms. The van der Waals surface area contributed by atoms with Crippen molar-refractivity contribution in [2.24, 2.45) is 5.92 Å². The number of sulfonamides is 1. The molecular weight excluding hydrogens is 472 g/mol. The van der Waals surface area contributed by atoms with E-state index in [1.165, 1.54) is 11.8 Å². The van der Waals surface area contributed by atoms with Gasteiger partial charge in [0.25, 0.3) is 10.0 Å². The van der Waals surface area contributed by atoms with Crippen LogP contribution in [0.15, 0.2) is 84.1 Å². The average molecular weight is 501 g/mol. The van der Waals surface area contributed by atoms with Gasteiger partial charge in [-0.3, -0.25) is 14.5 Å². The number of aryl methyl sites for hydroxylation is 1. The van der Waals surface area contributed by atoms with Crippen LogP contribution in [0.25, 0.3) is 10.8 Å². The molecule has 2 heterocycles. The molecule has 1 fully saturated rings. The summed E-state index contributed by atoms with van der Waals surface area (Å²) in [7, 11) is -3.73. The maximum atomic E-state index is 12.9. The predicted octanol–water partition coefficient (Wildman–Crippen LogP) is 5.52. The number of rotatable bonds is 9. The van der Waals surface area contributed by atoms with Crippen LogP contribution in [0.2, 0.25) is 0 Å². The molecule has 1 aliphatic carbocycles. The fraction of sp³-hybridized carbons (Fsp3) is 0.250. The lowest BCUT2D eigenvalue weighted by Gasteiger charge is -2.10. The van der Waals surface area contributed by atoms with E-state index in [2.05, 4.69) is 26.9 Å². The van der Waals surface area contributed by atoms with E-state index < -0.39 is 10.0 Å². The smallest absolute Gasteiger partial charge is 0.263 e. The van der Waals surface area contributed by atoms with Gasteiger partial charge < -0.3 is 5.32 Å². The number of hydrogen-bond donors (Lipinski definition) is 2. The highest BCUT2D eigenvalue weighted by Crippen LogP contribution is 2.48. The fourth-order valence-electron chi connectivity index (χ4n) is 4.47. The minimum Gasteiger partial charge on any atom is -0.326 e. The van der Waals surface area contributed by atoms with Crippen LogP contribution >= 0.6 is 0 Å². The molecule has 2 aromatic heterocycles. The van der Waals surface area contributed by atoms with Crippen molar-refractivity contribution in [3.63, 3.8) is 0 Å². The van der Waals surface area contributed by atoms with E-state index >= 15 is 0 Å². The molecule has 1 saturated carbocycles. The van der Waals surface area contributed by atoms with Gasteiger partial charge in [-0.15, -0.1) is 0 Å². The zero-order valence-electron chi connectivity index (χ0n) is 20.0. The Morgan fingerprint density at radius 1 is 1.06 bits per heavy atom.